The fraction of sp³-hybridized carbons (Fsp3) is 0.889. The van der Waals surface area contributed by atoms with Gasteiger partial charge < -0.3 is 15.7 Å². The van der Waals surface area contributed by atoms with Crippen LogP contribution in [-0.4, -0.2) is 37.3 Å². The Morgan fingerprint density at radius 1 is 1.46 bits per heavy atom. The van der Waals surface area contributed by atoms with E-state index in [0.717, 1.165) is 0 Å². The lowest BCUT2D eigenvalue weighted by molar-refractivity contribution is -0.121. The first kappa shape index (κ1) is 12.4. The second-order valence-corrected chi connectivity index (χ2v) is 3.46. The molecule has 0 aliphatic carbocycles. The predicted molar refractivity (Wildman–Crippen MR) is 52.4 cm³/mol. The van der Waals surface area contributed by atoms with Gasteiger partial charge in [-0.15, -0.1) is 0 Å². The minimum Gasteiger partial charge on any atom is -0.396 e. The van der Waals surface area contributed by atoms with Crippen LogP contribution in [0.15, 0.2) is 0 Å². The number of nitrogens with one attached hydrogen (secondary N) is 2. The topological polar surface area (TPSA) is 61.4 Å². The molecule has 0 saturated heterocycles. The maximum absolute atomic E-state index is 11.2. The largest absolute Gasteiger partial charge is 0.396 e. The first-order chi connectivity index (χ1) is 6.11. The summed E-state index contributed by atoms with van der Waals surface area (Å²) in [6, 6.07) is 0.0749. The minimum atomic E-state index is -0.0188. The van der Waals surface area contributed by atoms with E-state index in [9.17, 15) is 4.79 Å². The van der Waals surface area contributed by atoms with Crippen LogP contribution in [0.1, 0.15) is 20.3 Å². The van der Waals surface area contributed by atoms with Crippen molar-refractivity contribution < 1.29 is 9.90 Å². The van der Waals surface area contributed by atoms with E-state index in [2.05, 4.69) is 10.6 Å². The summed E-state index contributed by atoms with van der Waals surface area (Å²) in [6.45, 7) is 4.50. The van der Waals surface area contributed by atoms with Crippen LogP contribution in [-0.2, 0) is 4.79 Å². The highest BCUT2D eigenvalue weighted by molar-refractivity contribution is 5.78. The number of amides is 1. The van der Waals surface area contributed by atoms with Gasteiger partial charge in [0.25, 0.3) is 0 Å². The van der Waals surface area contributed by atoms with E-state index in [4.69, 9.17) is 5.11 Å². The third kappa shape index (κ3) is 5.60. The molecule has 1 unspecified atom stereocenters. The average Bonchev–Trinajstić information content (AvgIpc) is 2.04. The summed E-state index contributed by atoms with van der Waals surface area (Å²) in [5.74, 6) is 0.336. The van der Waals surface area contributed by atoms with Gasteiger partial charge in [0.2, 0.25) is 5.91 Å². The zero-order valence-electron chi connectivity index (χ0n) is 8.63. The van der Waals surface area contributed by atoms with E-state index >= 15 is 0 Å². The molecule has 1 amide bonds. The number of carbonyl (C=O) groups excluding carboxylic acids is 1. The van der Waals surface area contributed by atoms with Crippen molar-refractivity contribution in [2.45, 2.75) is 26.3 Å². The molecule has 0 fully saturated rings. The maximum Gasteiger partial charge on any atom is 0.234 e. The smallest absolute Gasteiger partial charge is 0.234 e. The molecule has 0 aromatic carbocycles. The lowest BCUT2D eigenvalue weighted by Crippen LogP contribution is -2.42. The standard InChI is InChI=1S/C9H20N2O2/c1-7(2)8(4-5-12)11-9(13)6-10-3/h7-8,10,12H,4-6H2,1-3H3,(H,11,13). The van der Waals surface area contributed by atoms with Crippen LogP contribution in [0.4, 0.5) is 0 Å². The van der Waals surface area contributed by atoms with E-state index in [1.165, 1.54) is 0 Å². The summed E-state index contributed by atoms with van der Waals surface area (Å²) in [5.41, 5.74) is 0. The Balaban J connectivity index is 3.86. The van der Waals surface area contributed by atoms with Gasteiger partial charge in [-0.05, 0) is 19.4 Å². The summed E-state index contributed by atoms with van der Waals surface area (Å²) >= 11 is 0. The first-order valence-corrected chi connectivity index (χ1v) is 4.66. The van der Waals surface area contributed by atoms with Crippen molar-refractivity contribution in [3.05, 3.63) is 0 Å². The Hall–Kier alpha value is -0.610. The number of likely N-dealkylation sites (N-methyl/N-ethyl adjacent to an activating group) is 1. The molecular weight excluding hydrogens is 168 g/mol. The number of hydrogen-bond acceptors (Lipinski definition) is 3. The SMILES string of the molecule is CNCC(=O)NC(CCO)C(C)C. The molecule has 4 heteroatoms. The molecule has 0 bridgehead atoms. The van der Waals surface area contributed by atoms with Crippen LogP contribution in [0.5, 0.6) is 0 Å². The van der Waals surface area contributed by atoms with E-state index < -0.39 is 0 Å². The fourth-order valence-electron chi connectivity index (χ4n) is 1.13. The van der Waals surface area contributed by atoms with Crippen LogP contribution in [0, 0.1) is 5.92 Å². The summed E-state index contributed by atoms with van der Waals surface area (Å²) in [6.07, 6.45) is 0.618. The van der Waals surface area contributed by atoms with Gasteiger partial charge in [0, 0.05) is 12.6 Å². The molecule has 0 aliphatic rings. The van der Waals surface area contributed by atoms with Crippen LogP contribution in [0.25, 0.3) is 0 Å². The molecule has 0 radical (unpaired) electrons. The van der Waals surface area contributed by atoms with Gasteiger partial charge in [-0.25, -0.2) is 0 Å². The molecule has 0 rings (SSSR count). The van der Waals surface area contributed by atoms with Gasteiger partial charge in [0.15, 0.2) is 0 Å². The Bertz CT molecular complexity index is 149. The number of aliphatic hydroxyl groups is 1. The Morgan fingerprint density at radius 2 is 2.08 bits per heavy atom. The molecule has 0 heterocycles. The highest BCUT2D eigenvalue weighted by Gasteiger charge is 2.14. The molecule has 13 heavy (non-hydrogen) atoms. The Labute approximate surface area is 79.7 Å². The van der Waals surface area contributed by atoms with Crippen LogP contribution in [0.3, 0.4) is 0 Å². The molecule has 0 aromatic heterocycles. The normalized spacial score (nSPS) is 13.0. The first-order valence-electron chi connectivity index (χ1n) is 4.66. The minimum absolute atomic E-state index is 0.0188. The second-order valence-electron chi connectivity index (χ2n) is 3.46. The zero-order valence-corrected chi connectivity index (χ0v) is 8.63. The van der Waals surface area contributed by atoms with E-state index in [-0.39, 0.29) is 18.6 Å². The zero-order chi connectivity index (χ0) is 10.3. The van der Waals surface area contributed by atoms with E-state index in [0.29, 0.717) is 18.9 Å². The monoisotopic (exact) mass is 188 g/mol. The summed E-state index contributed by atoms with van der Waals surface area (Å²) in [5, 5.41) is 14.4. The van der Waals surface area contributed by atoms with Gasteiger partial charge >= 0.3 is 0 Å². The van der Waals surface area contributed by atoms with Crippen molar-refractivity contribution in [1.82, 2.24) is 10.6 Å². The Morgan fingerprint density at radius 3 is 2.46 bits per heavy atom. The van der Waals surface area contributed by atoms with Crippen molar-refractivity contribution in [1.29, 1.82) is 0 Å². The third-order valence-electron chi connectivity index (χ3n) is 1.93. The molecule has 1 atom stereocenters. The van der Waals surface area contributed by atoms with Crippen molar-refractivity contribution in [3.8, 4) is 0 Å². The number of rotatable bonds is 6. The van der Waals surface area contributed by atoms with Gasteiger partial charge in [0.05, 0.1) is 6.54 Å². The quantitative estimate of drug-likeness (QED) is 0.537. The van der Waals surface area contributed by atoms with E-state index in [1.807, 2.05) is 13.8 Å². The van der Waals surface area contributed by atoms with Crippen molar-refractivity contribution in [3.63, 3.8) is 0 Å². The molecule has 0 spiro atoms. The summed E-state index contributed by atoms with van der Waals surface area (Å²) in [4.78, 5) is 11.2. The molecule has 0 saturated carbocycles. The third-order valence-corrected chi connectivity index (χ3v) is 1.93. The summed E-state index contributed by atoms with van der Waals surface area (Å²) in [7, 11) is 1.73. The predicted octanol–water partition coefficient (Wildman–Crippen LogP) is -0.271. The maximum atomic E-state index is 11.2. The highest BCUT2D eigenvalue weighted by Crippen LogP contribution is 2.04. The second kappa shape index (κ2) is 6.86. The number of carbonyl (C=O) groups is 1. The molecule has 3 N–H and O–H groups in total. The van der Waals surface area contributed by atoms with Crippen LogP contribution in [0.2, 0.25) is 0 Å². The lowest BCUT2D eigenvalue weighted by Gasteiger charge is -2.21. The van der Waals surface area contributed by atoms with Gasteiger partial charge in [-0.1, -0.05) is 13.8 Å². The summed E-state index contributed by atoms with van der Waals surface area (Å²) < 4.78 is 0. The lowest BCUT2D eigenvalue weighted by atomic mass is 10.0. The number of aliphatic hydroxyl groups excluding tert-OH is 1. The Kier molecular flexibility index (Phi) is 6.54. The molecule has 78 valence electrons. The van der Waals surface area contributed by atoms with Gasteiger partial charge in [-0.3, -0.25) is 4.79 Å². The molecule has 4 nitrogen and oxygen atoms in total. The van der Waals surface area contributed by atoms with Crippen molar-refractivity contribution in [2.24, 2.45) is 5.92 Å². The van der Waals surface area contributed by atoms with E-state index in [1.54, 1.807) is 7.05 Å². The van der Waals surface area contributed by atoms with Crippen LogP contribution < -0.4 is 10.6 Å². The van der Waals surface area contributed by atoms with Crippen LogP contribution >= 0.6 is 0 Å². The average molecular weight is 188 g/mol. The molecule has 0 aliphatic heterocycles. The van der Waals surface area contributed by atoms with Gasteiger partial charge in [-0.2, -0.15) is 0 Å². The number of hydrogen-bond donors (Lipinski definition) is 3. The highest BCUT2D eigenvalue weighted by atomic mass is 16.3. The van der Waals surface area contributed by atoms with Crippen molar-refractivity contribution >= 4 is 5.91 Å². The fourth-order valence-corrected chi connectivity index (χ4v) is 1.13. The van der Waals surface area contributed by atoms with Crippen molar-refractivity contribution in [2.75, 3.05) is 20.2 Å². The molecular formula is C9H20N2O2. The molecule has 0 aromatic rings. The van der Waals surface area contributed by atoms with Gasteiger partial charge in [0.1, 0.15) is 0 Å².